The number of rotatable bonds is 2. The minimum absolute atomic E-state index is 0.179. The first-order chi connectivity index (χ1) is 10.1. The van der Waals surface area contributed by atoms with Crippen LogP contribution in [0.15, 0.2) is 52.3 Å². The van der Waals surface area contributed by atoms with Gasteiger partial charge in [-0.15, -0.1) is 0 Å². The number of nitrogens with one attached hydrogen (secondary N) is 1. The Kier molecular flexibility index (Phi) is 3.40. The molecule has 0 aromatic heterocycles. The van der Waals surface area contributed by atoms with E-state index in [1.807, 2.05) is 24.3 Å². The molecule has 2 aromatic rings. The lowest BCUT2D eigenvalue weighted by atomic mass is 10.0. The molecular formula is C15H13N3O2S. The SMILES string of the molecule is NC(=O)C(N)c1ccc2c(c1)Sc1ccccc1NC2=O. The molecule has 0 aliphatic carbocycles. The fourth-order valence-corrected chi connectivity index (χ4v) is 3.21. The summed E-state index contributed by atoms with van der Waals surface area (Å²) in [4.78, 5) is 25.1. The quantitative estimate of drug-likeness (QED) is 0.788. The molecular weight excluding hydrogens is 286 g/mol. The normalized spacial score (nSPS) is 14.4. The standard InChI is InChI=1S/C15H13N3O2S/c16-13(14(17)19)8-5-6-9-12(7-8)21-11-4-2-1-3-10(11)18-15(9)20/h1-7,13H,16H2,(H2,17,19)(H,18,20). The Labute approximate surface area is 125 Å². The first-order valence-electron chi connectivity index (χ1n) is 6.33. The Balaban J connectivity index is 2.08. The van der Waals surface area contributed by atoms with Gasteiger partial charge in [-0.05, 0) is 29.8 Å². The van der Waals surface area contributed by atoms with Gasteiger partial charge in [0.05, 0.1) is 11.3 Å². The van der Waals surface area contributed by atoms with Gasteiger partial charge in [0, 0.05) is 9.79 Å². The molecule has 106 valence electrons. The average Bonchev–Trinajstić information content (AvgIpc) is 2.61. The van der Waals surface area contributed by atoms with Crippen molar-refractivity contribution in [2.75, 3.05) is 5.32 Å². The Hall–Kier alpha value is -2.31. The van der Waals surface area contributed by atoms with Gasteiger partial charge in [-0.3, -0.25) is 9.59 Å². The van der Waals surface area contributed by atoms with Crippen LogP contribution in [0.3, 0.4) is 0 Å². The van der Waals surface area contributed by atoms with Gasteiger partial charge in [-0.1, -0.05) is 30.0 Å². The number of hydrogen-bond acceptors (Lipinski definition) is 4. The number of para-hydroxylation sites is 1. The molecule has 0 fully saturated rings. The molecule has 0 saturated heterocycles. The molecule has 1 atom stereocenters. The van der Waals surface area contributed by atoms with E-state index in [-0.39, 0.29) is 5.91 Å². The highest BCUT2D eigenvalue weighted by Crippen LogP contribution is 2.39. The highest BCUT2D eigenvalue weighted by Gasteiger charge is 2.22. The number of carbonyl (C=O) groups excluding carboxylic acids is 2. The third kappa shape index (κ3) is 2.51. The summed E-state index contributed by atoms with van der Waals surface area (Å²) >= 11 is 1.46. The third-order valence-corrected chi connectivity index (χ3v) is 4.40. The first kappa shape index (κ1) is 13.7. The zero-order chi connectivity index (χ0) is 15.0. The zero-order valence-corrected chi connectivity index (χ0v) is 11.8. The molecule has 0 spiro atoms. The van der Waals surface area contributed by atoms with Crippen LogP contribution in [0.25, 0.3) is 0 Å². The van der Waals surface area contributed by atoms with Crippen molar-refractivity contribution in [3.63, 3.8) is 0 Å². The summed E-state index contributed by atoms with van der Waals surface area (Å²) < 4.78 is 0. The van der Waals surface area contributed by atoms with Crippen LogP contribution in [0.5, 0.6) is 0 Å². The van der Waals surface area contributed by atoms with Gasteiger partial charge in [-0.25, -0.2) is 0 Å². The van der Waals surface area contributed by atoms with Crippen LogP contribution >= 0.6 is 11.8 Å². The zero-order valence-electron chi connectivity index (χ0n) is 11.0. The summed E-state index contributed by atoms with van der Waals surface area (Å²) in [6.45, 7) is 0. The molecule has 5 nitrogen and oxygen atoms in total. The minimum atomic E-state index is -0.877. The van der Waals surface area contributed by atoms with Crippen LogP contribution in [-0.4, -0.2) is 11.8 Å². The monoisotopic (exact) mass is 299 g/mol. The second-order valence-electron chi connectivity index (χ2n) is 4.69. The van der Waals surface area contributed by atoms with E-state index in [1.165, 1.54) is 11.8 Å². The molecule has 5 N–H and O–H groups in total. The fraction of sp³-hybridized carbons (Fsp3) is 0.0667. The van der Waals surface area contributed by atoms with E-state index in [0.717, 1.165) is 15.5 Å². The number of nitrogens with two attached hydrogens (primary N) is 2. The Bertz CT molecular complexity index is 745. The van der Waals surface area contributed by atoms with Gasteiger partial charge in [0.2, 0.25) is 5.91 Å². The predicted octanol–water partition coefficient (Wildman–Crippen LogP) is 1.89. The van der Waals surface area contributed by atoms with Crippen molar-refractivity contribution < 1.29 is 9.59 Å². The molecule has 1 heterocycles. The molecule has 0 saturated carbocycles. The number of benzene rings is 2. The number of fused-ring (bicyclic) bond motifs is 2. The predicted molar refractivity (Wildman–Crippen MR) is 81.1 cm³/mol. The fourth-order valence-electron chi connectivity index (χ4n) is 2.14. The van der Waals surface area contributed by atoms with Crippen molar-refractivity contribution in [3.8, 4) is 0 Å². The van der Waals surface area contributed by atoms with Crippen molar-refractivity contribution in [1.29, 1.82) is 0 Å². The van der Waals surface area contributed by atoms with E-state index in [2.05, 4.69) is 5.32 Å². The molecule has 0 radical (unpaired) electrons. The minimum Gasteiger partial charge on any atom is -0.368 e. The van der Waals surface area contributed by atoms with Crippen molar-refractivity contribution in [1.82, 2.24) is 0 Å². The third-order valence-electron chi connectivity index (χ3n) is 3.27. The van der Waals surface area contributed by atoms with Gasteiger partial charge in [0.25, 0.3) is 5.91 Å². The van der Waals surface area contributed by atoms with Crippen LogP contribution in [0, 0.1) is 0 Å². The van der Waals surface area contributed by atoms with E-state index in [4.69, 9.17) is 11.5 Å². The Morgan fingerprint density at radius 1 is 1.14 bits per heavy atom. The summed E-state index contributed by atoms with van der Waals surface area (Å²) in [5, 5.41) is 2.87. The summed E-state index contributed by atoms with van der Waals surface area (Å²) in [7, 11) is 0. The van der Waals surface area contributed by atoms with E-state index in [0.29, 0.717) is 11.1 Å². The van der Waals surface area contributed by atoms with Gasteiger partial charge in [-0.2, -0.15) is 0 Å². The van der Waals surface area contributed by atoms with Crippen LogP contribution in [-0.2, 0) is 4.79 Å². The number of anilines is 1. The van der Waals surface area contributed by atoms with E-state index >= 15 is 0 Å². The molecule has 6 heteroatoms. The average molecular weight is 299 g/mol. The van der Waals surface area contributed by atoms with Gasteiger partial charge < -0.3 is 16.8 Å². The molecule has 3 rings (SSSR count). The molecule has 1 unspecified atom stereocenters. The summed E-state index contributed by atoms with van der Waals surface area (Å²) in [6.07, 6.45) is 0. The number of amides is 2. The molecule has 0 bridgehead atoms. The van der Waals surface area contributed by atoms with Crippen LogP contribution < -0.4 is 16.8 Å². The topological polar surface area (TPSA) is 98.2 Å². The van der Waals surface area contributed by atoms with Crippen LogP contribution in [0.1, 0.15) is 22.0 Å². The van der Waals surface area contributed by atoms with Crippen molar-refractivity contribution in [2.24, 2.45) is 11.5 Å². The first-order valence-corrected chi connectivity index (χ1v) is 7.15. The lowest BCUT2D eigenvalue weighted by molar-refractivity contribution is -0.119. The molecule has 1 aliphatic heterocycles. The number of hydrogen-bond donors (Lipinski definition) is 3. The Morgan fingerprint density at radius 2 is 1.90 bits per heavy atom. The van der Waals surface area contributed by atoms with E-state index in [9.17, 15) is 9.59 Å². The molecule has 21 heavy (non-hydrogen) atoms. The van der Waals surface area contributed by atoms with E-state index in [1.54, 1.807) is 18.2 Å². The number of primary amides is 1. The lowest BCUT2D eigenvalue weighted by Crippen LogP contribution is -2.28. The van der Waals surface area contributed by atoms with E-state index < -0.39 is 11.9 Å². The van der Waals surface area contributed by atoms with Crippen LogP contribution in [0.2, 0.25) is 0 Å². The summed E-state index contributed by atoms with van der Waals surface area (Å²) in [6, 6.07) is 11.7. The maximum atomic E-state index is 12.2. The molecule has 2 aromatic carbocycles. The summed E-state index contributed by atoms with van der Waals surface area (Å²) in [5.74, 6) is -0.778. The van der Waals surface area contributed by atoms with Crippen molar-refractivity contribution in [3.05, 3.63) is 53.6 Å². The lowest BCUT2D eigenvalue weighted by Gasteiger charge is -2.11. The molecule has 1 aliphatic rings. The Morgan fingerprint density at radius 3 is 2.67 bits per heavy atom. The smallest absolute Gasteiger partial charge is 0.256 e. The highest BCUT2D eigenvalue weighted by atomic mass is 32.2. The summed E-state index contributed by atoms with van der Waals surface area (Å²) in [5.41, 5.74) is 12.9. The maximum absolute atomic E-state index is 12.2. The van der Waals surface area contributed by atoms with Gasteiger partial charge in [0.1, 0.15) is 6.04 Å². The van der Waals surface area contributed by atoms with Crippen LogP contribution in [0.4, 0.5) is 5.69 Å². The van der Waals surface area contributed by atoms with Crippen molar-refractivity contribution >= 4 is 29.3 Å². The second kappa shape index (κ2) is 5.23. The highest BCUT2D eigenvalue weighted by molar-refractivity contribution is 7.99. The largest absolute Gasteiger partial charge is 0.368 e. The van der Waals surface area contributed by atoms with Gasteiger partial charge >= 0.3 is 0 Å². The van der Waals surface area contributed by atoms with Gasteiger partial charge in [0.15, 0.2) is 0 Å². The maximum Gasteiger partial charge on any atom is 0.256 e. The number of carbonyl (C=O) groups is 2. The van der Waals surface area contributed by atoms with Crippen molar-refractivity contribution in [2.45, 2.75) is 15.8 Å². The second-order valence-corrected chi connectivity index (χ2v) is 5.77. The molecule has 2 amide bonds.